The molecule has 214 valence electrons. The topological polar surface area (TPSA) is 109 Å². The fourth-order valence-electron chi connectivity index (χ4n) is 5.90. The third kappa shape index (κ3) is 4.47. The van der Waals surface area contributed by atoms with Crippen molar-refractivity contribution in [3.63, 3.8) is 0 Å². The van der Waals surface area contributed by atoms with Gasteiger partial charge >= 0.3 is 0 Å². The quantitative estimate of drug-likeness (QED) is 0.191. The molecule has 3 heterocycles. The van der Waals surface area contributed by atoms with Gasteiger partial charge in [-0.05, 0) is 48.2 Å². The minimum absolute atomic E-state index is 0.0797. The van der Waals surface area contributed by atoms with E-state index in [2.05, 4.69) is 12.1 Å². The van der Waals surface area contributed by atoms with Gasteiger partial charge in [0.15, 0.2) is 4.80 Å². The monoisotopic (exact) mass is 591 g/mol. The number of nitro benzene ring substituents is 1. The highest BCUT2D eigenvalue weighted by atomic mass is 32.1. The zero-order valence-electron chi connectivity index (χ0n) is 23.3. The van der Waals surface area contributed by atoms with E-state index in [4.69, 9.17) is 18.9 Å². The number of furan rings is 1. The van der Waals surface area contributed by atoms with Crippen molar-refractivity contribution in [3.05, 3.63) is 137 Å². The number of benzene rings is 3. The molecule has 0 fully saturated rings. The second-order valence-corrected chi connectivity index (χ2v) is 11.2. The molecule has 7 rings (SSSR count). The summed E-state index contributed by atoms with van der Waals surface area (Å²) in [6.07, 6.45) is 3.32. The maximum Gasteiger partial charge on any atom is 0.271 e. The van der Waals surface area contributed by atoms with Crippen molar-refractivity contribution in [1.29, 1.82) is 0 Å². The molecule has 3 aromatic carbocycles. The van der Waals surface area contributed by atoms with Crippen LogP contribution in [0.2, 0.25) is 0 Å². The maximum absolute atomic E-state index is 14.1. The van der Waals surface area contributed by atoms with Crippen molar-refractivity contribution in [2.45, 2.75) is 18.9 Å². The molecule has 1 atom stereocenters. The Morgan fingerprint density at radius 1 is 0.977 bits per heavy atom. The molecule has 2 aliphatic rings. The standard InChI is InChI=1S/C33H25N3O6S/c1-40-26-10-6-5-9-23(26)31-24-14-11-19-7-3-4-8-22(19)30(24)34-33-35(31)32(37)29(43-33)18-21-13-16-28(42-21)25-17-20(36(38)39)12-15-27(25)41-2/h3-10,12-13,15-18,31H,11,14H2,1-2H3/b29-18+/t31-/m0/s1. The number of thiazole rings is 1. The summed E-state index contributed by atoms with van der Waals surface area (Å²) in [5, 5.41) is 11.4. The third-order valence-electron chi connectivity index (χ3n) is 7.87. The number of allylic oxidation sites excluding steroid dienone is 1. The van der Waals surface area contributed by atoms with Gasteiger partial charge < -0.3 is 13.9 Å². The lowest BCUT2D eigenvalue weighted by Crippen LogP contribution is -2.38. The summed E-state index contributed by atoms with van der Waals surface area (Å²) in [6.45, 7) is 0. The Labute approximate surface area is 249 Å². The minimum atomic E-state index is -0.469. The predicted octanol–water partition coefficient (Wildman–Crippen LogP) is 5.50. The molecular formula is C33H25N3O6S. The molecule has 9 nitrogen and oxygen atoms in total. The number of rotatable bonds is 6. The number of para-hydroxylation sites is 1. The molecule has 0 spiro atoms. The zero-order valence-corrected chi connectivity index (χ0v) is 24.1. The summed E-state index contributed by atoms with van der Waals surface area (Å²) >= 11 is 1.30. The Morgan fingerprint density at radius 2 is 1.77 bits per heavy atom. The van der Waals surface area contributed by atoms with Crippen LogP contribution in [0.3, 0.4) is 0 Å². The number of methoxy groups -OCH3 is 2. The van der Waals surface area contributed by atoms with Gasteiger partial charge in [0.2, 0.25) is 0 Å². The molecule has 1 aliphatic heterocycles. The van der Waals surface area contributed by atoms with E-state index < -0.39 is 4.92 Å². The van der Waals surface area contributed by atoms with E-state index in [1.165, 1.54) is 42.2 Å². The Balaban J connectivity index is 1.39. The lowest BCUT2D eigenvalue weighted by Gasteiger charge is -2.31. The molecule has 0 bridgehead atoms. The van der Waals surface area contributed by atoms with Crippen LogP contribution in [-0.4, -0.2) is 23.7 Å². The van der Waals surface area contributed by atoms with Crippen LogP contribution in [0.4, 0.5) is 5.69 Å². The van der Waals surface area contributed by atoms with E-state index >= 15 is 0 Å². The molecule has 1 aliphatic carbocycles. The van der Waals surface area contributed by atoms with Gasteiger partial charge in [0.25, 0.3) is 11.2 Å². The molecule has 0 N–H and O–H groups in total. The molecule has 0 radical (unpaired) electrons. The highest BCUT2D eigenvalue weighted by Gasteiger charge is 2.34. The van der Waals surface area contributed by atoms with Gasteiger partial charge in [0.1, 0.15) is 23.0 Å². The van der Waals surface area contributed by atoms with E-state index in [9.17, 15) is 14.9 Å². The third-order valence-corrected chi connectivity index (χ3v) is 8.85. The Hall–Kier alpha value is -5.22. The number of aryl methyl sites for hydroxylation is 1. The van der Waals surface area contributed by atoms with E-state index in [1.54, 1.807) is 29.9 Å². The average Bonchev–Trinajstić information content (AvgIpc) is 3.63. The lowest BCUT2D eigenvalue weighted by atomic mass is 9.83. The van der Waals surface area contributed by atoms with Gasteiger partial charge in [-0.3, -0.25) is 19.5 Å². The van der Waals surface area contributed by atoms with E-state index in [0.717, 1.165) is 35.2 Å². The van der Waals surface area contributed by atoms with Crippen LogP contribution in [0.5, 0.6) is 11.5 Å². The second-order valence-electron chi connectivity index (χ2n) is 10.2. The maximum atomic E-state index is 14.1. The molecule has 5 aromatic rings. The molecule has 0 saturated carbocycles. The second kappa shape index (κ2) is 10.6. The summed E-state index contributed by atoms with van der Waals surface area (Å²) in [6, 6.07) is 23.4. The molecular weight excluding hydrogens is 566 g/mol. The number of hydrogen-bond donors (Lipinski definition) is 0. The normalized spacial score (nSPS) is 15.8. The van der Waals surface area contributed by atoms with E-state index in [0.29, 0.717) is 37.9 Å². The Bertz CT molecular complexity index is 2140. The minimum Gasteiger partial charge on any atom is -0.496 e. The summed E-state index contributed by atoms with van der Waals surface area (Å²) in [5.74, 6) is 1.96. The summed E-state index contributed by atoms with van der Waals surface area (Å²) < 4.78 is 19.4. The van der Waals surface area contributed by atoms with Crippen LogP contribution >= 0.6 is 11.3 Å². The number of nitrogens with zero attached hydrogens (tertiary/aromatic N) is 3. The largest absolute Gasteiger partial charge is 0.496 e. The smallest absolute Gasteiger partial charge is 0.271 e. The van der Waals surface area contributed by atoms with Gasteiger partial charge in [0.05, 0.1) is 41.0 Å². The van der Waals surface area contributed by atoms with E-state index in [-0.39, 0.29) is 17.3 Å². The predicted molar refractivity (Wildman–Crippen MR) is 163 cm³/mol. The highest BCUT2D eigenvalue weighted by molar-refractivity contribution is 7.07. The summed E-state index contributed by atoms with van der Waals surface area (Å²) in [5.41, 5.74) is 5.40. The van der Waals surface area contributed by atoms with Gasteiger partial charge in [-0.25, -0.2) is 4.99 Å². The van der Waals surface area contributed by atoms with Crippen molar-refractivity contribution in [1.82, 2.24) is 4.57 Å². The number of fused-ring (bicyclic) bond motifs is 3. The Morgan fingerprint density at radius 3 is 2.58 bits per heavy atom. The van der Waals surface area contributed by atoms with Crippen LogP contribution < -0.4 is 24.4 Å². The van der Waals surface area contributed by atoms with Crippen molar-refractivity contribution >= 4 is 28.8 Å². The summed E-state index contributed by atoms with van der Waals surface area (Å²) in [7, 11) is 3.13. The number of nitro groups is 1. The van der Waals surface area contributed by atoms with Crippen molar-refractivity contribution in [2.75, 3.05) is 14.2 Å². The fraction of sp³-hybridized carbons (Fsp3) is 0.152. The van der Waals surface area contributed by atoms with Gasteiger partial charge in [-0.2, -0.15) is 0 Å². The van der Waals surface area contributed by atoms with Crippen molar-refractivity contribution in [3.8, 4) is 22.8 Å². The van der Waals surface area contributed by atoms with Gasteiger partial charge in [0, 0.05) is 29.3 Å². The van der Waals surface area contributed by atoms with Gasteiger partial charge in [-0.1, -0.05) is 53.8 Å². The zero-order chi connectivity index (χ0) is 29.7. The summed E-state index contributed by atoms with van der Waals surface area (Å²) in [4.78, 5) is 30.6. The number of aromatic nitrogens is 1. The van der Waals surface area contributed by atoms with Crippen LogP contribution in [0.15, 0.2) is 98.6 Å². The first-order valence-corrected chi connectivity index (χ1v) is 14.5. The van der Waals surface area contributed by atoms with E-state index in [1.807, 2.05) is 36.4 Å². The number of hydrogen-bond acceptors (Lipinski definition) is 8. The van der Waals surface area contributed by atoms with Gasteiger partial charge in [-0.15, -0.1) is 0 Å². The van der Waals surface area contributed by atoms with Crippen LogP contribution in [0, 0.1) is 10.1 Å². The molecule has 2 aromatic heterocycles. The van der Waals surface area contributed by atoms with Crippen LogP contribution in [0.25, 0.3) is 23.1 Å². The molecule has 43 heavy (non-hydrogen) atoms. The van der Waals surface area contributed by atoms with Crippen molar-refractivity contribution < 1.29 is 18.8 Å². The SMILES string of the molecule is COc1ccc([N+](=O)[O-])cc1-c1ccc(/C=c2/sc3n(c2=O)[C@@H](c2ccccc2OC)C2=C(N=3)c3ccccc3CC2)o1. The fourth-order valence-corrected chi connectivity index (χ4v) is 6.88. The Kier molecular flexibility index (Phi) is 6.55. The first kappa shape index (κ1) is 26.7. The molecule has 10 heteroatoms. The molecule has 0 amide bonds. The van der Waals surface area contributed by atoms with Crippen LogP contribution in [-0.2, 0) is 6.42 Å². The highest BCUT2D eigenvalue weighted by Crippen LogP contribution is 2.43. The number of non-ortho nitro benzene ring substituents is 1. The number of ether oxygens (including phenoxy) is 2. The lowest BCUT2D eigenvalue weighted by molar-refractivity contribution is -0.384. The van der Waals surface area contributed by atoms with Crippen molar-refractivity contribution in [2.24, 2.45) is 4.99 Å². The molecule has 0 saturated heterocycles. The average molecular weight is 592 g/mol. The van der Waals surface area contributed by atoms with Crippen LogP contribution in [0.1, 0.15) is 34.9 Å². The first-order chi connectivity index (χ1) is 21.0. The first-order valence-electron chi connectivity index (χ1n) is 13.7. The molecule has 0 unspecified atom stereocenters.